The fourth-order valence-electron chi connectivity index (χ4n) is 1.14. The molecule has 6 nitrogen and oxygen atoms in total. The third-order valence-electron chi connectivity index (χ3n) is 1.96. The second-order valence-corrected chi connectivity index (χ2v) is 2.96. The van der Waals surface area contributed by atoms with E-state index in [9.17, 15) is 14.7 Å². The van der Waals surface area contributed by atoms with E-state index in [0.717, 1.165) is 14.2 Å². The van der Waals surface area contributed by atoms with Gasteiger partial charge in [0.15, 0.2) is 12.4 Å². The van der Waals surface area contributed by atoms with Crippen molar-refractivity contribution in [3.05, 3.63) is 36.2 Å². The van der Waals surface area contributed by atoms with Gasteiger partial charge in [0.1, 0.15) is 0 Å². The number of hydrogen-bond acceptors (Lipinski definition) is 5. The van der Waals surface area contributed by atoms with Crippen molar-refractivity contribution in [3.63, 3.8) is 0 Å². The van der Waals surface area contributed by atoms with Crippen molar-refractivity contribution in [3.8, 4) is 0 Å². The highest BCUT2D eigenvalue weighted by molar-refractivity contribution is 6.16. The van der Waals surface area contributed by atoms with Crippen LogP contribution in [-0.2, 0) is 19.1 Å². The van der Waals surface area contributed by atoms with Crippen LogP contribution < -0.4 is 4.57 Å². The van der Waals surface area contributed by atoms with Gasteiger partial charge >= 0.3 is 17.8 Å². The zero-order chi connectivity index (χ0) is 12.8. The molecule has 0 fully saturated rings. The molecule has 0 unspecified atom stereocenters. The van der Waals surface area contributed by atoms with Crippen molar-refractivity contribution in [1.29, 1.82) is 0 Å². The van der Waals surface area contributed by atoms with E-state index in [1.54, 1.807) is 18.2 Å². The van der Waals surface area contributed by atoms with Crippen LogP contribution in [0.2, 0.25) is 0 Å². The highest BCUT2D eigenvalue weighted by Crippen LogP contribution is 2.06. The minimum absolute atomic E-state index is 0.552. The lowest BCUT2D eigenvalue weighted by Gasteiger charge is -2.02. The quantitative estimate of drug-likeness (QED) is 0.201. The first-order chi connectivity index (χ1) is 8.11. The number of aliphatic hydroxyl groups is 1. The van der Waals surface area contributed by atoms with E-state index in [1.165, 1.54) is 17.0 Å². The molecular weight excluding hydrogens is 226 g/mol. The van der Waals surface area contributed by atoms with E-state index in [2.05, 4.69) is 9.47 Å². The van der Waals surface area contributed by atoms with Gasteiger partial charge < -0.3 is 14.6 Å². The van der Waals surface area contributed by atoms with Crippen molar-refractivity contribution in [2.45, 2.75) is 0 Å². The smallest absolute Gasteiger partial charge is 0.393 e. The van der Waals surface area contributed by atoms with Crippen LogP contribution >= 0.6 is 0 Å². The predicted molar refractivity (Wildman–Crippen MR) is 56.5 cm³/mol. The maximum atomic E-state index is 11.4. The van der Waals surface area contributed by atoms with Crippen molar-refractivity contribution < 1.29 is 28.7 Å². The van der Waals surface area contributed by atoms with Crippen LogP contribution in [0.15, 0.2) is 36.2 Å². The van der Waals surface area contributed by atoms with E-state index in [-0.39, 0.29) is 0 Å². The predicted octanol–water partition coefficient (Wildman–Crippen LogP) is 0.0467. The maximum Gasteiger partial charge on any atom is 0.393 e. The number of nitrogens with zero attached hydrogens (tertiary/aromatic N) is 1. The number of pyridine rings is 1. The number of carbonyl (C=O) groups is 2. The van der Waals surface area contributed by atoms with Gasteiger partial charge in [-0.15, -0.1) is 4.57 Å². The summed E-state index contributed by atoms with van der Waals surface area (Å²) in [6.07, 6.45) is 2.95. The zero-order valence-electron chi connectivity index (χ0n) is 9.41. The summed E-state index contributed by atoms with van der Waals surface area (Å²) < 4.78 is 10.0. The summed E-state index contributed by atoms with van der Waals surface area (Å²) in [5.74, 6) is -2.49. The fourth-order valence-corrected chi connectivity index (χ4v) is 1.14. The number of hydrogen-bond donors (Lipinski definition) is 1. The number of carbonyl (C=O) groups excluding carboxylic acids is 2. The molecule has 90 valence electrons. The molecule has 0 bridgehead atoms. The summed E-state index contributed by atoms with van der Waals surface area (Å²) >= 11 is 0. The fraction of sp³-hybridized carbons (Fsp3) is 0.182. The normalized spacial score (nSPS) is 9.29. The molecule has 0 saturated carbocycles. The lowest BCUT2D eigenvalue weighted by atomic mass is 10.2. The van der Waals surface area contributed by atoms with Crippen LogP contribution in [0.5, 0.6) is 0 Å². The van der Waals surface area contributed by atoms with Crippen molar-refractivity contribution in [2.24, 2.45) is 0 Å². The van der Waals surface area contributed by atoms with E-state index in [4.69, 9.17) is 0 Å². The molecule has 1 N–H and O–H groups in total. The Morgan fingerprint density at radius 2 is 1.47 bits per heavy atom. The highest BCUT2D eigenvalue weighted by Gasteiger charge is 2.31. The van der Waals surface area contributed by atoms with Gasteiger partial charge in [0.05, 0.1) is 14.2 Å². The van der Waals surface area contributed by atoms with Gasteiger partial charge in [-0.3, -0.25) is 0 Å². The van der Waals surface area contributed by atoms with Crippen LogP contribution in [0.3, 0.4) is 0 Å². The van der Waals surface area contributed by atoms with Gasteiger partial charge in [-0.2, -0.15) is 0 Å². The Hall–Kier alpha value is -2.37. The third-order valence-corrected chi connectivity index (χ3v) is 1.96. The lowest BCUT2D eigenvalue weighted by Crippen LogP contribution is -2.35. The number of ether oxygens (including phenoxy) is 2. The maximum absolute atomic E-state index is 11.4. The lowest BCUT2D eigenvalue weighted by molar-refractivity contribution is -0.599. The molecule has 0 aliphatic carbocycles. The second kappa shape index (κ2) is 5.64. The molecule has 0 aliphatic heterocycles. The monoisotopic (exact) mass is 238 g/mol. The molecule has 1 aromatic rings. The highest BCUT2D eigenvalue weighted by atomic mass is 16.5. The first-order valence-electron chi connectivity index (χ1n) is 4.68. The first-order valence-corrected chi connectivity index (χ1v) is 4.68. The summed E-state index contributed by atoms with van der Waals surface area (Å²) in [6, 6.07) is 4.98. The van der Waals surface area contributed by atoms with Crippen molar-refractivity contribution in [2.75, 3.05) is 14.2 Å². The Bertz CT molecular complexity index is 434. The third kappa shape index (κ3) is 2.81. The van der Waals surface area contributed by atoms with Gasteiger partial charge in [-0.05, 0) is 0 Å². The molecular formula is C11H12NO5+. The molecule has 6 heteroatoms. The Morgan fingerprint density at radius 1 is 1.00 bits per heavy atom. The van der Waals surface area contributed by atoms with E-state index >= 15 is 0 Å². The zero-order valence-corrected chi connectivity index (χ0v) is 9.41. The second-order valence-electron chi connectivity index (χ2n) is 2.96. The van der Waals surface area contributed by atoms with Gasteiger partial charge in [0.25, 0.3) is 5.57 Å². The summed E-state index contributed by atoms with van der Waals surface area (Å²) in [7, 11) is 2.21. The number of aromatic nitrogens is 1. The average Bonchev–Trinajstić information content (AvgIpc) is 2.39. The summed E-state index contributed by atoms with van der Waals surface area (Å²) in [4.78, 5) is 22.7. The Kier molecular flexibility index (Phi) is 4.21. The summed E-state index contributed by atoms with van der Waals surface area (Å²) in [6.45, 7) is 0. The van der Waals surface area contributed by atoms with Crippen LogP contribution in [0.4, 0.5) is 0 Å². The SMILES string of the molecule is COC(=O)C(C(=O)OC)=C(O)[n+]1ccccc1. The topological polar surface area (TPSA) is 76.7 Å². The van der Waals surface area contributed by atoms with Crippen LogP contribution in [-0.4, -0.2) is 31.3 Å². The largest absolute Gasteiger partial charge is 0.465 e. The van der Waals surface area contributed by atoms with Gasteiger partial charge in [0.2, 0.25) is 0 Å². The molecule has 0 amide bonds. The molecule has 0 radical (unpaired) electrons. The number of aliphatic hydroxyl groups excluding tert-OH is 1. The van der Waals surface area contributed by atoms with Gasteiger partial charge in [-0.1, -0.05) is 6.07 Å². The van der Waals surface area contributed by atoms with Crippen LogP contribution in [0, 0.1) is 0 Å². The van der Waals surface area contributed by atoms with Crippen molar-refractivity contribution >= 4 is 17.8 Å². The van der Waals surface area contributed by atoms with Crippen molar-refractivity contribution in [1.82, 2.24) is 0 Å². The average molecular weight is 238 g/mol. The molecule has 0 spiro atoms. The molecule has 1 rings (SSSR count). The standard InChI is InChI=1S/C11H11NO5/c1-16-10(14)8(11(15)17-2)9(13)12-6-4-3-5-7-12/h3-7H,1-2H3/p+1. The molecule has 1 heterocycles. The summed E-state index contributed by atoms with van der Waals surface area (Å²) in [5, 5.41) is 9.82. The number of esters is 2. The minimum atomic E-state index is -0.967. The van der Waals surface area contributed by atoms with Gasteiger partial charge in [-0.25, -0.2) is 9.59 Å². The first kappa shape index (κ1) is 12.7. The van der Waals surface area contributed by atoms with Gasteiger partial charge in [0, 0.05) is 12.1 Å². The molecule has 0 aliphatic rings. The summed E-state index contributed by atoms with van der Waals surface area (Å²) in [5.41, 5.74) is -0.564. The molecule has 0 saturated heterocycles. The molecule has 0 atom stereocenters. The Morgan fingerprint density at radius 3 is 1.88 bits per heavy atom. The number of methoxy groups -OCH3 is 2. The van der Waals surface area contributed by atoms with E-state index < -0.39 is 23.4 Å². The van der Waals surface area contributed by atoms with E-state index in [0.29, 0.717) is 0 Å². The van der Waals surface area contributed by atoms with Crippen LogP contribution in [0.25, 0.3) is 5.88 Å². The minimum Gasteiger partial charge on any atom is -0.465 e. The number of rotatable bonds is 3. The molecule has 1 aromatic heterocycles. The Labute approximate surface area is 97.7 Å². The molecule has 17 heavy (non-hydrogen) atoms. The van der Waals surface area contributed by atoms with Crippen LogP contribution in [0.1, 0.15) is 0 Å². The molecule has 0 aromatic carbocycles. The Balaban J connectivity index is 3.29. The van der Waals surface area contributed by atoms with E-state index in [1.807, 2.05) is 0 Å².